The molecule has 0 aromatic heterocycles. The average Bonchev–Trinajstić information content (AvgIpc) is 3.14. The predicted molar refractivity (Wildman–Crippen MR) is 151 cm³/mol. The number of ketones is 1. The molecule has 0 saturated heterocycles. The van der Waals surface area contributed by atoms with Crippen LogP contribution in [0.25, 0.3) is 0 Å². The van der Waals surface area contributed by atoms with Crippen LogP contribution < -0.4 is 20.1 Å². The van der Waals surface area contributed by atoms with Gasteiger partial charge < -0.3 is 20.1 Å². The van der Waals surface area contributed by atoms with E-state index in [0.717, 1.165) is 57.3 Å². The van der Waals surface area contributed by atoms with Crippen LogP contribution in [0.2, 0.25) is 0 Å². The first-order valence-electron chi connectivity index (χ1n) is 13.0. The van der Waals surface area contributed by atoms with Gasteiger partial charge in [-0.25, -0.2) is 0 Å². The third-order valence-corrected chi connectivity index (χ3v) is 7.34. The van der Waals surface area contributed by atoms with Crippen LogP contribution in [0.5, 0.6) is 11.5 Å². The van der Waals surface area contributed by atoms with Crippen molar-refractivity contribution in [2.24, 2.45) is 0 Å². The van der Waals surface area contributed by atoms with Gasteiger partial charge in [-0.3, -0.25) is 4.79 Å². The fourth-order valence-electron chi connectivity index (χ4n) is 5.44. The van der Waals surface area contributed by atoms with E-state index in [0.29, 0.717) is 13.0 Å². The quantitative estimate of drug-likeness (QED) is 0.291. The minimum Gasteiger partial charge on any atom is -0.497 e. The van der Waals surface area contributed by atoms with Crippen molar-refractivity contribution in [2.45, 2.75) is 31.4 Å². The third-order valence-electron chi connectivity index (χ3n) is 7.34. The molecule has 4 aromatic carbocycles. The Hall–Kier alpha value is -4.51. The van der Waals surface area contributed by atoms with Gasteiger partial charge in [-0.2, -0.15) is 0 Å². The molecule has 0 spiro atoms. The molecule has 5 nitrogen and oxygen atoms in total. The summed E-state index contributed by atoms with van der Waals surface area (Å²) in [7, 11) is 1.67. The number of anilines is 2. The van der Waals surface area contributed by atoms with Gasteiger partial charge >= 0.3 is 0 Å². The molecule has 1 aliphatic carbocycles. The number of fused-ring (bicyclic) bond motifs is 1. The summed E-state index contributed by atoms with van der Waals surface area (Å²) in [4.78, 5) is 13.9. The SMILES string of the molecule is COc1cccc([C@@H]2CC(=O)C3=C(C2)Nc2ccccc2N[C@H]3c2ccccc2OCc2ccccc2)c1. The van der Waals surface area contributed by atoms with Crippen LogP contribution in [-0.4, -0.2) is 12.9 Å². The zero-order chi connectivity index (χ0) is 25.9. The fraction of sp³-hybridized carbons (Fsp3) is 0.182. The Kier molecular flexibility index (Phi) is 6.57. The molecule has 5 heteroatoms. The molecular formula is C33H30N2O3. The molecule has 0 unspecified atom stereocenters. The molecular weight excluding hydrogens is 472 g/mol. The molecule has 0 amide bonds. The maximum Gasteiger partial charge on any atom is 0.163 e. The van der Waals surface area contributed by atoms with Crippen molar-refractivity contribution in [1.82, 2.24) is 0 Å². The van der Waals surface area contributed by atoms with Crippen molar-refractivity contribution in [3.8, 4) is 11.5 Å². The highest BCUT2D eigenvalue weighted by Crippen LogP contribution is 2.46. The van der Waals surface area contributed by atoms with Gasteiger partial charge in [0.15, 0.2) is 5.78 Å². The molecule has 4 aromatic rings. The van der Waals surface area contributed by atoms with Crippen molar-refractivity contribution in [1.29, 1.82) is 0 Å². The minimum atomic E-state index is -0.341. The largest absolute Gasteiger partial charge is 0.497 e. The summed E-state index contributed by atoms with van der Waals surface area (Å²) in [5, 5.41) is 7.30. The van der Waals surface area contributed by atoms with Gasteiger partial charge in [0.05, 0.1) is 24.5 Å². The van der Waals surface area contributed by atoms with Crippen molar-refractivity contribution >= 4 is 17.2 Å². The van der Waals surface area contributed by atoms with E-state index in [1.165, 1.54) is 0 Å². The first-order chi connectivity index (χ1) is 18.7. The Bertz CT molecular complexity index is 1500. The lowest BCUT2D eigenvalue weighted by Gasteiger charge is -2.30. The Balaban J connectivity index is 1.40. The number of ether oxygens (including phenoxy) is 2. The molecule has 0 radical (unpaired) electrons. The summed E-state index contributed by atoms with van der Waals surface area (Å²) in [6.07, 6.45) is 1.17. The van der Waals surface area contributed by atoms with Crippen LogP contribution in [-0.2, 0) is 11.4 Å². The van der Waals surface area contributed by atoms with Crippen molar-refractivity contribution in [3.05, 3.63) is 131 Å². The summed E-state index contributed by atoms with van der Waals surface area (Å²) in [5.74, 6) is 1.77. The van der Waals surface area contributed by atoms with E-state index in [4.69, 9.17) is 9.47 Å². The normalized spacial score (nSPS) is 18.4. The lowest BCUT2D eigenvalue weighted by atomic mass is 9.78. The van der Waals surface area contributed by atoms with Crippen LogP contribution in [0.1, 0.15) is 41.5 Å². The molecule has 2 N–H and O–H groups in total. The number of nitrogens with one attached hydrogen (secondary N) is 2. The molecule has 1 aliphatic heterocycles. The van der Waals surface area contributed by atoms with Crippen molar-refractivity contribution in [2.75, 3.05) is 17.7 Å². The minimum absolute atomic E-state index is 0.0688. The Morgan fingerprint density at radius 2 is 1.58 bits per heavy atom. The van der Waals surface area contributed by atoms with Gasteiger partial charge in [0.1, 0.15) is 18.1 Å². The summed E-state index contributed by atoms with van der Waals surface area (Å²) < 4.78 is 11.8. The highest BCUT2D eigenvalue weighted by Gasteiger charge is 2.37. The third kappa shape index (κ3) is 4.75. The first-order valence-corrected chi connectivity index (χ1v) is 13.0. The molecule has 6 rings (SSSR count). The number of carbonyl (C=O) groups is 1. The number of carbonyl (C=O) groups excluding carboxylic acids is 1. The van der Waals surface area contributed by atoms with Gasteiger partial charge in [-0.1, -0.05) is 72.8 Å². The standard InChI is InChI=1S/C33H30N2O3/c1-37-25-13-9-12-23(18-25)24-19-29-32(30(36)20-24)33(35-28-16-7-6-15-27(28)34-29)26-14-5-8-17-31(26)38-21-22-10-3-2-4-11-22/h2-18,24,33-35H,19-21H2,1H3/t24-,33-/m0/s1. The monoisotopic (exact) mass is 502 g/mol. The second-order valence-corrected chi connectivity index (χ2v) is 9.76. The summed E-state index contributed by atoms with van der Waals surface area (Å²) in [5.41, 5.74) is 6.80. The highest BCUT2D eigenvalue weighted by atomic mass is 16.5. The van der Waals surface area contributed by atoms with Crippen LogP contribution in [0.15, 0.2) is 114 Å². The molecule has 0 fully saturated rings. The maximum atomic E-state index is 13.9. The molecule has 1 heterocycles. The number of allylic oxidation sites excluding steroid dienone is 1. The molecule has 0 saturated carbocycles. The smallest absolute Gasteiger partial charge is 0.163 e. The van der Waals surface area contributed by atoms with Gasteiger partial charge in [0.25, 0.3) is 0 Å². The Labute approximate surface area is 223 Å². The number of hydrogen-bond acceptors (Lipinski definition) is 5. The number of methoxy groups -OCH3 is 1. The van der Waals surface area contributed by atoms with Gasteiger partial charge in [-0.15, -0.1) is 0 Å². The van der Waals surface area contributed by atoms with E-state index in [2.05, 4.69) is 34.9 Å². The molecule has 2 aliphatic rings. The lowest BCUT2D eigenvalue weighted by molar-refractivity contribution is -0.116. The van der Waals surface area contributed by atoms with Crippen LogP contribution in [0.3, 0.4) is 0 Å². The van der Waals surface area contributed by atoms with Crippen LogP contribution in [0, 0.1) is 0 Å². The Morgan fingerprint density at radius 1 is 0.816 bits per heavy atom. The van der Waals surface area contributed by atoms with E-state index in [1.807, 2.05) is 78.9 Å². The van der Waals surface area contributed by atoms with E-state index in [-0.39, 0.29) is 17.7 Å². The van der Waals surface area contributed by atoms with E-state index < -0.39 is 0 Å². The van der Waals surface area contributed by atoms with Gasteiger partial charge in [0.2, 0.25) is 0 Å². The first kappa shape index (κ1) is 23.9. The van der Waals surface area contributed by atoms with E-state index >= 15 is 0 Å². The second kappa shape index (κ2) is 10.5. The zero-order valence-corrected chi connectivity index (χ0v) is 21.3. The molecule has 190 valence electrons. The number of rotatable bonds is 6. The Morgan fingerprint density at radius 3 is 2.42 bits per heavy atom. The zero-order valence-electron chi connectivity index (χ0n) is 21.3. The van der Waals surface area contributed by atoms with Gasteiger partial charge in [-0.05, 0) is 53.8 Å². The van der Waals surface area contributed by atoms with Crippen LogP contribution >= 0.6 is 0 Å². The van der Waals surface area contributed by atoms with E-state index in [9.17, 15) is 4.79 Å². The summed E-state index contributed by atoms with van der Waals surface area (Å²) in [6, 6.07) is 34.0. The maximum absolute atomic E-state index is 13.9. The second-order valence-electron chi connectivity index (χ2n) is 9.76. The summed E-state index contributed by atoms with van der Waals surface area (Å²) in [6.45, 7) is 0.456. The fourth-order valence-corrected chi connectivity index (χ4v) is 5.44. The number of para-hydroxylation sites is 3. The van der Waals surface area contributed by atoms with Crippen molar-refractivity contribution < 1.29 is 14.3 Å². The predicted octanol–water partition coefficient (Wildman–Crippen LogP) is 7.25. The number of Topliss-reactive ketones (excluding diaryl/α,β-unsaturated/α-hetero) is 1. The van der Waals surface area contributed by atoms with Crippen molar-refractivity contribution in [3.63, 3.8) is 0 Å². The topological polar surface area (TPSA) is 59.6 Å². The van der Waals surface area contributed by atoms with E-state index in [1.54, 1.807) is 7.11 Å². The highest BCUT2D eigenvalue weighted by molar-refractivity contribution is 6.01. The molecule has 0 bridgehead atoms. The van der Waals surface area contributed by atoms with Crippen LogP contribution in [0.4, 0.5) is 11.4 Å². The van der Waals surface area contributed by atoms with Gasteiger partial charge in [0, 0.05) is 23.3 Å². The molecule has 2 atom stereocenters. The summed E-state index contributed by atoms with van der Waals surface area (Å²) >= 11 is 0. The number of benzene rings is 4. The number of hydrogen-bond donors (Lipinski definition) is 2. The average molecular weight is 503 g/mol. The molecule has 38 heavy (non-hydrogen) atoms. The lowest BCUT2D eigenvalue weighted by Crippen LogP contribution is -2.27.